The summed E-state index contributed by atoms with van der Waals surface area (Å²) in [5.74, 6) is 0.273. The summed E-state index contributed by atoms with van der Waals surface area (Å²) in [6.07, 6.45) is 1.41. The van der Waals surface area contributed by atoms with Crippen molar-refractivity contribution >= 4 is 17.5 Å². The minimum Gasteiger partial charge on any atom is -0.481 e. The quantitative estimate of drug-likeness (QED) is 0.786. The summed E-state index contributed by atoms with van der Waals surface area (Å²) < 4.78 is 5.76. The highest BCUT2D eigenvalue weighted by Crippen LogP contribution is 2.25. The fraction of sp³-hybridized carbons (Fsp3) is 0.391. The Balaban J connectivity index is 1.58. The van der Waals surface area contributed by atoms with Crippen molar-refractivity contribution in [2.24, 2.45) is 0 Å². The van der Waals surface area contributed by atoms with E-state index in [1.165, 1.54) is 5.56 Å². The van der Waals surface area contributed by atoms with E-state index in [2.05, 4.69) is 31.4 Å². The highest BCUT2D eigenvalue weighted by molar-refractivity contribution is 5.98. The molecule has 0 heterocycles. The van der Waals surface area contributed by atoms with Gasteiger partial charge >= 0.3 is 0 Å². The topological polar surface area (TPSA) is 67.4 Å². The molecule has 0 radical (unpaired) electrons. The number of amides is 2. The molecular formula is C23H28N2O3. The molecular weight excluding hydrogens is 352 g/mol. The predicted molar refractivity (Wildman–Crippen MR) is 111 cm³/mol. The first-order chi connectivity index (χ1) is 13.2. The Kier molecular flexibility index (Phi) is 5.73. The molecule has 0 unspecified atom stereocenters. The van der Waals surface area contributed by atoms with Crippen LogP contribution in [-0.4, -0.2) is 24.0 Å². The van der Waals surface area contributed by atoms with E-state index in [-0.39, 0.29) is 17.2 Å². The Bertz CT molecular complexity index is 849. The molecule has 2 aromatic carbocycles. The minimum atomic E-state index is -0.663. The van der Waals surface area contributed by atoms with Crippen molar-refractivity contribution in [2.45, 2.75) is 58.1 Å². The second-order valence-electron chi connectivity index (χ2n) is 8.35. The van der Waals surface area contributed by atoms with Crippen LogP contribution in [0.3, 0.4) is 0 Å². The van der Waals surface area contributed by atoms with E-state index in [4.69, 9.17) is 4.74 Å². The molecule has 3 rings (SSSR count). The monoisotopic (exact) mass is 380 g/mol. The molecule has 2 aromatic rings. The van der Waals surface area contributed by atoms with Gasteiger partial charge in [0, 0.05) is 17.3 Å². The number of carbonyl (C=O) groups excluding carboxylic acids is 2. The van der Waals surface area contributed by atoms with Crippen LogP contribution in [0.1, 0.15) is 56.5 Å². The second-order valence-corrected chi connectivity index (χ2v) is 8.35. The van der Waals surface area contributed by atoms with Crippen LogP contribution in [0, 0.1) is 0 Å². The molecule has 148 valence electrons. The maximum atomic E-state index is 12.5. The smallest absolute Gasteiger partial charge is 0.265 e. The standard InChI is InChI=1S/C23H28N2O3/c1-15(28-20-12-8-17(9-13-20)23(2,3)4)21(26)25-19-7-5-6-16(14-19)22(27)24-18-10-11-18/h5-9,12-15,18H,10-11H2,1-4H3,(H,24,27)(H,25,26)/t15-/m0/s1. The Morgan fingerprint density at radius 2 is 1.75 bits per heavy atom. The number of benzene rings is 2. The lowest BCUT2D eigenvalue weighted by atomic mass is 9.87. The van der Waals surface area contributed by atoms with Crippen molar-refractivity contribution in [3.63, 3.8) is 0 Å². The summed E-state index contributed by atoms with van der Waals surface area (Å²) in [5, 5.41) is 5.76. The van der Waals surface area contributed by atoms with E-state index in [9.17, 15) is 9.59 Å². The molecule has 5 heteroatoms. The molecule has 1 aliphatic carbocycles. The van der Waals surface area contributed by atoms with Gasteiger partial charge in [0.2, 0.25) is 0 Å². The number of hydrogen-bond donors (Lipinski definition) is 2. The van der Waals surface area contributed by atoms with Crippen LogP contribution < -0.4 is 15.4 Å². The molecule has 1 atom stereocenters. The van der Waals surface area contributed by atoms with Gasteiger partial charge in [-0.3, -0.25) is 9.59 Å². The van der Waals surface area contributed by atoms with Gasteiger partial charge in [-0.25, -0.2) is 0 Å². The van der Waals surface area contributed by atoms with Gasteiger partial charge in [-0.2, -0.15) is 0 Å². The summed E-state index contributed by atoms with van der Waals surface area (Å²) >= 11 is 0. The molecule has 0 aliphatic heterocycles. The lowest BCUT2D eigenvalue weighted by molar-refractivity contribution is -0.122. The van der Waals surface area contributed by atoms with E-state index in [0.717, 1.165) is 12.8 Å². The van der Waals surface area contributed by atoms with Crippen molar-refractivity contribution in [1.29, 1.82) is 0 Å². The molecule has 1 fully saturated rings. The van der Waals surface area contributed by atoms with Crippen molar-refractivity contribution in [3.8, 4) is 5.75 Å². The molecule has 2 N–H and O–H groups in total. The van der Waals surface area contributed by atoms with Crippen LogP contribution in [0.2, 0.25) is 0 Å². The first-order valence-electron chi connectivity index (χ1n) is 9.71. The zero-order chi connectivity index (χ0) is 20.3. The molecule has 1 aliphatic rings. The number of hydrogen-bond acceptors (Lipinski definition) is 3. The van der Waals surface area contributed by atoms with E-state index >= 15 is 0 Å². The number of anilines is 1. The van der Waals surface area contributed by atoms with Crippen molar-refractivity contribution in [1.82, 2.24) is 5.32 Å². The van der Waals surface area contributed by atoms with E-state index in [1.807, 2.05) is 24.3 Å². The third-order valence-corrected chi connectivity index (χ3v) is 4.71. The summed E-state index contributed by atoms with van der Waals surface area (Å²) in [4.78, 5) is 24.6. The van der Waals surface area contributed by atoms with Crippen LogP contribution in [-0.2, 0) is 10.2 Å². The van der Waals surface area contributed by atoms with Crippen LogP contribution in [0.25, 0.3) is 0 Å². The first-order valence-corrected chi connectivity index (χ1v) is 9.71. The molecule has 1 saturated carbocycles. The van der Waals surface area contributed by atoms with Gasteiger partial charge in [-0.15, -0.1) is 0 Å². The third kappa shape index (κ3) is 5.35. The predicted octanol–water partition coefficient (Wildman–Crippen LogP) is 4.28. The normalized spacial score (nSPS) is 14.9. The Hall–Kier alpha value is -2.82. The minimum absolute atomic E-state index is 0.0678. The summed E-state index contributed by atoms with van der Waals surface area (Å²) in [6, 6.07) is 15.0. The molecule has 5 nitrogen and oxygen atoms in total. The average molecular weight is 380 g/mol. The van der Waals surface area contributed by atoms with Gasteiger partial charge in [0.05, 0.1) is 0 Å². The number of ether oxygens (including phenoxy) is 1. The second kappa shape index (κ2) is 8.05. The van der Waals surface area contributed by atoms with E-state index < -0.39 is 6.10 Å². The van der Waals surface area contributed by atoms with Crippen LogP contribution >= 0.6 is 0 Å². The number of rotatable bonds is 6. The lowest BCUT2D eigenvalue weighted by Gasteiger charge is -2.20. The maximum absolute atomic E-state index is 12.5. The van der Waals surface area contributed by atoms with Gasteiger partial charge in [0.1, 0.15) is 5.75 Å². The van der Waals surface area contributed by atoms with Crippen molar-refractivity contribution in [3.05, 3.63) is 59.7 Å². The zero-order valence-electron chi connectivity index (χ0n) is 16.9. The fourth-order valence-corrected chi connectivity index (χ4v) is 2.77. The average Bonchev–Trinajstić information content (AvgIpc) is 3.45. The summed E-state index contributed by atoms with van der Waals surface area (Å²) in [5.41, 5.74) is 2.39. The summed E-state index contributed by atoms with van der Waals surface area (Å²) in [7, 11) is 0. The highest BCUT2D eigenvalue weighted by Gasteiger charge is 2.24. The van der Waals surface area contributed by atoms with Gasteiger partial charge in [-0.05, 0) is 61.1 Å². The molecule has 0 aromatic heterocycles. The van der Waals surface area contributed by atoms with Crippen LogP contribution in [0.4, 0.5) is 5.69 Å². The lowest BCUT2D eigenvalue weighted by Crippen LogP contribution is -2.30. The SMILES string of the molecule is C[C@H](Oc1ccc(C(C)(C)C)cc1)C(=O)Nc1cccc(C(=O)NC2CC2)c1. The highest BCUT2D eigenvalue weighted by atomic mass is 16.5. The number of nitrogens with one attached hydrogen (secondary N) is 2. The molecule has 0 saturated heterocycles. The maximum Gasteiger partial charge on any atom is 0.265 e. The van der Waals surface area contributed by atoms with Gasteiger partial charge < -0.3 is 15.4 Å². The molecule has 2 amide bonds. The van der Waals surface area contributed by atoms with Gasteiger partial charge in [0.25, 0.3) is 11.8 Å². The van der Waals surface area contributed by atoms with Crippen molar-refractivity contribution in [2.75, 3.05) is 5.32 Å². The number of carbonyl (C=O) groups is 2. The van der Waals surface area contributed by atoms with Crippen LogP contribution in [0.5, 0.6) is 5.75 Å². The molecule has 0 bridgehead atoms. The Morgan fingerprint density at radius 1 is 1.07 bits per heavy atom. The van der Waals surface area contributed by atoms with E-state index in [1.54, 1.807) is 31.2 Å². The summed E-state index contributed by atoms with van der Waals surface area (Å²) in [6.45, 7) is 8.16. The van der Waals surface area contributed by atoms with Gasteiger partial charge in [-0.1, -0.05) is 39.0 Å². The zero-order valence-corrected chi connectivity index (χ0v) is 16.9. The Morgan fingerprint density at radius 3 is 2.36 bits per heavy atom. The first kappa shape index (κ1) is 19.9. The van der Waals surface area contributed by atoms with Crippen LogP contribution in [0.15, 0.2) is 48.5 Å². The van der Waals surface area contributed by atoms with Gasteiger partial charge in [0.15, 0.2) is 6.10 Å². The molecule has 0 spiro atoms. The molecule has 28 heavy (non-hydrogen) atoms. The fourth-order valence-electron chi connectivity index (χ4n) is 2.77. The Labute approximate surface area is 166 Å². The largest absolute Gasteiger partial charge is 0.481 e. The van der Waals surface area contributed by atoms with Crippen molar-refractivity contribution < 1.29 is 14.3 Å². The van der Waals surface area contributed by atoms with E-state index in [0.29, 0.717) is 23.0 Å². The third-order valence-electron chi connectivity index (χ3n) is 4.71.